The molecule has 0 saturated carbocycles. The molecule has 1 unspecified atom stereocenters. The summed E-state index contributed by atoms with van der Waals surface area (Å²) >= 11 is 7.05. The lowest BCUT2D eigenvalue weighted by atomic mass is 10.2. The highest BCUT2D eigenvalue weighted by molar-refractivity contribution is 9.11. The molecular formula is C11H13Br2NO. The van der Waals surface area contributed by atoms with Gasteiger partial charge in [0.15, 0.2) is 0 Å². The smallest absolute Gasteiger partial charge is 0.0748 e. The van der Waals surface area contributed by atoms with Crippen molar-refractivity contribution in [2.75, 3.05) is 18.5 Å². The summed E-state index contributed by atoms with van der Waals surface area (Å²) < 4.78 is 7.72. The lowest BCUT2D eigenvalue weighted by molar-refractivity contribution is 0.120. The Balaban J connectivity index is 1.97. The average Bonchev–Trinajstić information content (AvgIpc) is 2.70. The summed E-state index contributed by atoms with van der Waals surface area (Å²) in [6.45, 7) is 1.78. The molecule has 1 aliphatic heterocycles. The molecule has 1 aliphatic rings. The van der Waals surface area contributed by atoms with Gasteiger partial charge in [0.2, 0.25) is 0 Å². The molecule has 1 fully saturated rings. The number of hydrogen-bond donors (Lipinski definition) is 1. The van der Waals surface area contributed by atoms with Gasteiger partial charge in [-0.2, -0.15) is 0 Å². The number of ether oxygens (including phenoxy) is 1. The lowest BCUT2D eigenvalue weighted by Crippen LogP contribution is -2.18. The van der Waals surface area contributed by atoms with Crippen molar-refractivity contribution in [2.24, 2.45) is 0 Å². The van der Waals surface area contributed by atoms with E-state index in [4.69, 9.17) is 4.74 Å². The van der Waals surface area contributed by atoms with Gasteiger partial charge in [0.1, 0.15) is 0 Å². The van der Waals surface area contributed by atoms with Crippen molar-refractivity contribution in [2.45, 2.75) is 18.9 Å². The molecule has 0 spiro atoms. The largest absolute Gasteiger partial charge is 0.381 e. The van der Waals surface area contributed by atoms with Crippen molar-refractivity contribution < 1.29 is 4.74 Å². The average molecular weight is 335 g/mol. The zero-order valence-electron chi connectivity index (χ0n) is 8.30. The highest BCUT2D eigenvalue weighted by Crippen LogP contribution is 2.30. The summed E-state index contributed by atoms with van der Waals surface area (Å²) in [5.74, 6) is 0. The van der Waals surface area contributed by atoms with Crippen LogP contribution in [-0.2, 0) is 4.74 Å². The fraction of sp³-hybridized carbons (Fsp3) is 0.455. The molecule has 2 rings (SSSR count). The molecule has 0 bridgehead atoms. The molecule has 1 saturated heterocycles. The zero-order valence-corrected chi connectivity index (χ0v) is 11.5. The van der Waals surface area contributed by atoms with E-state index in [0.29, 0.717) is 6.10 Å². The van der Waals surface area contributed by atoms with Crippen LogP contribution in [0.25, 0.3) is 0 Å². The van der Waals surface area contributed by atoms with Gasteiger partial charge < -0.3 is 10.1 Å². The molecule has 1 aromatic carbocycles. The minimum absolute atomic E-state index is 0.365. The number of hydrogen-bond acceptors (Lipinski definition) is 2. The Bertz CT molecular complexity index is 317. The van der Waals surface area contributed by atoms with Crippen LogP contribution in [-0.4, -0.2) is 19.3 Å². The first-order chi connectivity index (χ1) is 7.27. The van der Waals surface area contributed by atoms with E-state index in [1.54, 1.807) is 0 Å². The number of benzene rings is 1. The highest BCUT2D eigenvalue weighted by Gasteiger charge is 2.15. The molecule has 15 heavy (non-hydrogen) atoms. The van der Waals surface area contributed by atoms with Gasteiger partial charge in [-0.1, -0.05) is 6.07 Å². The van der Waals surface area contributed by atoms with Crippen LogP contribution >= 0.6 is 31.9 Å². The summed E-state index contributed by atoms with van der Waals surface area (Å²) in [5, 5.41) is 3.40. The Labute approximate surface area is 107 Å². The Kier molecular flexibility index (Phi) is 4.05. The molecule has 0 aliphatic carbocycles. The molecule has 1 atom stereocenters. The molecule has 4 heteroatoms. The first-order valence-corrected chi connectivity index (χ1v) is 6.65. The maximum Gasteiger partial charge on any atom is 0.0748 e. The van der Waals surface area contributed by atoms with Crippen LogP contribution in [0, 0.1) is 0 Å². The summed E-state index contributed by atoms with van der Waals surface area (Å²) in [6, 6.07) is 6.07. The Hall–Kier alpha value is -0.0600. The predicted octanol–water partition coefficient (Wildman–Crippen LogP) is 3.80. The summed E-state index contributed by atoms with van der Waals surface area (Å²) in [4.78, 5) is 0. The van der Waals surface area contributed by atoms with E-state index in [2.05, 4.69) is 37.2 Å². The second kappa shape index (κ2) is 5.32. The maximum atomic E-state index is 5.56. The maximum absolute atomic E-state index is 5.56. The third kappa shape index (κ3) is 2.95. The van der Waals surface area contributed by atoms with Gasteiger partial charge >= 0.3 is 0 Å². The summed E-state index contributed by atoms with van der Waals surface area (Å²) in [5.41, 5.74) is 1.10. The Morgan fingerprint density at radius 3 is 2.67 bits per heavy atom. The first kappa shape index (κ1) is 11.4. The quantitative estimate of drug-likeness (QED) is 0.907. The number of rotatable bonds is 3. The second-order valence-electron chi connectivity index (χ2n) is 3.61. The van der Waals surface area contributed by atoms with E-state index in [0.717, 1.165) is 34.2 Å². The number of halogens is 2. The third-order valence-electron chi connectivity index (χ3n) is 2.49. The van der Waals surface area contributed by atoms with Crippen LogP contribution in [0.5, 0.6) is 0 Å². The fourth-order valence-electron chi connectivity index (χ4n) is 1.69. The first-order valence-electron chi connectivity index (χ1n) is 5.07. The van der Waals surface area contributed by atoms with Crippen molar-refractivity contribution in [3.05, 3.63) is 27.1 Å². The van der Waals surface area contributed by atoms with Crippen LogP contribution in [0.2, 0.25) is 0 Å². The highest BCUT2D eigenvalue weighted by atomic mass is 79.9. The lowest BCUT2D eigenvalue weighted by Gasteiger charge is -2.14. The van der Waals surface area contributed by atoms with Crippen molar-refractivity contribution >= 4 is 37.5 Å². The van der Waals surface area contributed by atoms with Gasteiger partial charge in [0, 0.05) is 22.1 Å². The van der Waals surface area contributed by atoms with Crippen LogP contribution < -0.4 is 5.32 Å². The molecule has 0 aromatic heterocycles. The van der Waals surface area contributed by atoms with Gasteiger partial charge in [-0.15, -0.1) is 0 Å². The van der Waals surface area contributed by atoms with Crippen LogP contribution in [0.3, 0.4) is 0 Å². The number of anilines is 1. The molecule has 0 amide bonds. The Morgan fingerprint density at radius 2 is 2.07 bits per heavy atom. The van der Waals surface area contributed by atoms with Crippen molar-refractivity contribution in [1.82, 2.24) is 0 Å². The van der Waals surface area contributed by atoms with Gasteiger partial charge in [0.05, 0.1) is 11.8 Å². The predicted molar refractivity (Wildman–Crippen MR) is 69.3 cm³/mol. The molecule has 2 nitrogen and oxygen atoms in total. The number of para-hydroxylation sites is 1. The topological polar surface area (TPSA) is 21.3 Å². The monoisotopic (exact) mass is 333 g/mol. The van der Waals surface area contributed by atoms with E-state index in [1.165, 1.54) is 6.42 Å². The minimum atomic E-state index is 0.365. The molecule has 0 radical (unpaired) electrons. The molecule has 1 heterocycles. The fourth-order valence-corrected chi connectivity index (χ4v) is 2.97. The molecular weight excluding hydrogens is 322 g/mol. The van der Waals surface area contributed by atoms with E-state index in [1.807, 2.05) is 18.2 Å². The van der Waals surface area contributed by atoms with Gasteiger partial charge in [-0.3, -0.25) is 0 Å². The van der Waals surface area contributed by atoms with E-state index in [-0.39, 0.29) is 0 Å². The normalized spacial score (nSPS) is 20.5. The Morgan fingerprint density at radius 1 is 1.33 bits per heavy atom. The standard InChI is InChI=1S/C11H13Br2NO/c12-9-4-1-5-10(13)11(9)14-7-8-3-2-6-15-8/h1,4-5,8,14H,2-3,6-7H2. The number of nitrogens with one attached hydrogen (secondary N) is 1. The zero-order chi connectivity index (χ0) is 10.7. The van der Waals surface area contributed by atoms with Crippen LogP contribution in [0.4, 0.5) is 5.69 Å². The molecule has 82 valence electrons. The van der Waals surface area contributed by atoms with Crippen molar-refractivity contribution in [1.29, 1.82) is 0 Å². The summed E-state index contributed by atoms with van der Waals surface area (Å²) in [6.07, 6.45) is 2.71. The van der Waals surface area contributed by atoms with E-state index >= 15 is 0 Å². The summed E-state index contributed by atoms with van der Waals surface area (Å²) in [7, 11) is 0. The minimum Gasteiger partial charge on any atom is -0.381 e. The SMILES string of the molecule is Brc1cccc(Br)c1NCC1CCCO1. The van der Waals surface area contributed by atoms with Gasteiger partial charge in [-0.05, 0) is 56.8 Å². The second-order valence-corrected chi connectivity index (χ2v) is 5.32. The van der Waals surface area contributed by atoms with Gasteiger partial charge in [0.25, 0.3) is 0 Å². The van der Waals surface area contributed by atoms with Crippen molar-refractivity contribution in [3.8, 4) is 0 Å². The van der Waals surface area contributed by atoms with E-state index < -0.39 is 0 Å². The van der Waals surface area contributed by atoms with Gasteiger partial charge in [-0.25, -0.2) is 0 Å². The third-order valence-corrected chi connectivity index (χ3v) is 3.81. The van der Waals surface area contributed by atoms with Crippen LogP contribution in [0.1, 0.15) is 12.8 Å². The van der Waals surface area contributed by atoms with Crippen LogP contribution in [0.15, 0.2) is 27.1 Å². The van der Waals surface area contributed by atoms with E-state index in [9.17, 15) is 0 Å². The molecule has 1 N–H and O–H groups in total. The molecule has 1 aromatic rings. The van der Waals surface area contributed by atoms with Crippen molar-refractivity contribution in [3.63, 3.8) is 0 Å².